The third-order valence-corrected chi connectivity index (χ3v) is 2.95. The average Bonchev–Trinajstić information content (AvgIpc) is 2.34. The quantitative estimate of drug-likeness (QED) is 0.868. The predicted octanol–water partition coefficient (Wildman–Crippen LogP) is 3.83. The predicted molar refractivity (Wildman–Crippen MR) is 65.9 cm³/mol. The molecule has 84 valence electrons. The minimum atomic E-state index is -0.344. The third kappa shape index (κ3) is 2.29. The highest BCUT2D eigenvalue weighted by atomic mass is 79.9. The summed E-state index contributed by atoms with van der Waals surface area (Å²) < 4.78 is 13.2. The fraction of sp³-hybridized carbons (Fsp3) is 0. The summed E-state index contributed by atoms with van der Waals surface area (Å²) in [5.41, 5.74) is 1.58. The van der Waals surface area contributed by atoms with E-state index in [1.165, 1.54) is 18.2 Å². The second kappa shape index (κ2) is 4.56. The Bertz CT molecular complexity index is 602. The summed E-state index contributed by atoms with van der Waals surface area (Å²) in [5, 5.41) is 18.7. The summed E-state index contributed by atoms with van der Waals surface area (Å²) in [7, 11) is 0. The first-order chi connectivity index (χ1) is 8.11. The Balaban J connectivity index is 2.63. The van der Waals surface area contributed by atoms with Gasteiger partial charge in [-0.2, -0.15) is 5.26 Å². The molecule has 0 fully saturated rings. The Kier molecular flexibility index (Phi) is 3.12. The van der Waals surface area contributed by atoms with Crippen LogP contribution in [0.25, 0.3) is 11.1 Å². The molecule has 0 atom stereocenters. The molecule has 2 nitrogen and oxygen atoms in total. The maximum atomic E-state index is 12.8. The fourth-order valence-corrected chi connectivity index (χ4v) is 1.97. The van der Waals surface area contributed by atoms with E-state index in [-0.39, 0.29) is 11.6 Å². The van der Waals surface area contributed by atoms with E-state index in [4.69, 9.17) is 5.26 Å². The summed E-state index contributed by atoms with van der Waals surface area (Å²) >= 11 is 3.17. The van der Waals surface area contributed by atoms with Gasteiger partial charge >= 0.3 is 0 Å². The van der Waals surface area contributed by atoms with Gasteiger partial charge in [0, 0.05) is 5.56 Å². The number of hydrogen-bond donors (Lipinski definition) is 1. The smallest absolute Gasteiger partial charge is 0.137 e. The second-order valence-corrected chi connectivity index (χ2v) is 4.33. The summed E-state index contributed by atoms with van der Waals surface area (Å²) in [6.45, 7) is 0. The maximum Gasteiger partial charge on any atom is 0.137 e. The van der Waals surface area contributed by atoms with Crippen molar-refractivity contribution in [2.24, 2.45) is 0 Å². The first-order valence-corrected chi connectivity index (χ1v) is 5.59. The molecular formula is C13H7BrFNO. The van der Waals surface area contributed by atoms with E-state index in [2.05, 4.69) is 15.9 Å². The van der Waals surface area contributed by atoms with Crippen molar-refractivity contribution in [2.75, 3.05) is 0 Å². The monoisotopic (exact) mass is 291 g/mol. The van der Waals surface area contributed by atoms with Gasteiger partial charge in [0.05, 0.1) is 16.1 Å². The number of hydrogen-bond acceptors (Lipinski definition) is 2. The van der Waals surface area contributed by atoms with E-state index in [1.54, 1.807) is 18.2 Å². The van der Waals surface area contributed by atoms with Crippen molar-refractivity contribution in [1.82, 2.24) is 0 Å². The highest BCUT2D eigenvalue weighted by Gasteiger charge is 2.10. The van der Waals surface area contributed by atoms with Crippen LogP contribution in [-0.2, 0) is 0 Å². The van der Waals surface area contributed by atoms with Gasteiger partial charge in [0.15, 0.2) is 0 Å². The van der Waals surface area contributed by atoms with Crippen molar-refractivity contribution in [3.05, 3.63) is 52.3 Å². The van der Waals surface area contributed by atoms with E-state index in [0.29, 0.717) is 21.2 Å². The van der Waals surface area contributed by atoms with Crippen molar-refractivity contribution < 1.29 is 9.50 Å². The van der Waals surface area contributed by atoms with Crippen LogP contribution in [0, 0.1) is 17.1 Å². The van der Waals surface area contributed by atoms with Crippen molar-refractivity contribution in [3.63, 3.8) is 0 Å². The zero-order valence-corrected chi connectivity index (χ0v) is 10.2. The SMILES string of the molecule is N#Cc1cc(Br)c(O)c(-c2ccc(F)cc2)c1. The molecule has 0 aliphatic heterocycles. The molecule has 2 aromatic carbocycles. The molecule has 1 N–H and O–H groups in total. The van der Waals surface area contributed by atoms with E-state index in [0.717, 1.165) is 0 Å². The largest absolute Gasteiger partial charge is 0.506 e. The lowest BCUT2D eigenvalue weighted by Crippen LogP contribution is -1.84. The molecular weight excluding hydrogens is 285 g/mol. The summed E-state index contributed by atoms with van der Waals surface area (Å²) in [5.74, 6) is -0.306. The minimum Gasteiger partial charge on any atom is -0.506 e. The van der Waals surface area contributed by atoms with Crippen LogP contribution in [0.5, 0.6) is 5.75 Å². The van der Waals surface area contributed by atoms with E-state index < -0.39 is 0 Å². The number of nitriles is 1. The van der Waals surface area contributed by atoms with Crippen LogP contribution in [0.2, 0.25) is 0 Å². The lowest BCUT2D eigenvalue weighted by atomic mass is 10.0. The van der Waals surface area contributed by atoms with Gasteiger partial charge in [-0.15, -0.1) is 0 Å². The highest BCUT2D eigenvalue weighted by Crippen LogP contribution is 2.36. The Labute approximate surface area is 106 Å². The number of aromatic hydroxyl groups is 1. The van der Waals surface area contributed by atoms with Gasteiger partial charge in [-0.3, -0.25) is 0 Å². The molecule has 0 saturated carbocycles. The maximum absolute atomic E-state index is 12.8. The zero-order valence-electron chi connectivity index (χ0n) is 8.61. The van der Waals surface area contributed by atoms with Crippen LogP contribution in [0.4, 0.5) is 4.39 Å². The Morgan fingerprint density at radius 2 is 1.82 bits per heavy atom. The summed E-state index contributed by atoms with van der Waals surface area (Å²) in [6, 6.07) is 10.8. The molecule has 0 amide bonds. The molecule has 0 unspecified atom stereocenters. The molecule has 4 heteroatoms. The third-order valence-electron chi connectivity index (χ3n) is 2.35. The Morgan fingerprint density at radius 1 is 1.18 bits per heavy atom. The minimum absolute atomic E-state index is 0.0376. The van der Waals surface area contributed by atoms with Crippen molar-refractivity contribution in [3.8, 4) is 22.9 Å². The van der Waals surface area contributed by atoms with E-state index >= 15 is 0 Å². The molecule has 0 heterocycles. The highest BCUT2D eigenvalue weighted by molar-refractivity contribution is 9.10. The standard InChI is InChI=1S/C13H7BrFNO/c14-12-6-8(7-16)5-11(13(12)17)9-1-3-10(15)4-2-9/h1-6,17H. The second-order valence-electron chi connectivity index (χ2n) is 3.47. The van der Waals surface area contributed by atoms with Gasteiger partial charge in [-0.1, -0.05) is 12.1 Å². The lowest BCUT2D eigenvalue weighted by molar-refractivity contribution is 0.474. The van der Waals surface area contributed by atoms with Gasteiger partial charge in [-0.25, -0.2) is 4.39 Å². The van der Waals surface area contributed by atoms with Gasteiger partial charge in [-0.05, 0) is 45.8 Å². The molecule has 0 spiro atoms. The normalized spacial score (nSPS) is 9.94. The fourth-order valence-electron chi connectivity index (χ4n) is 1.51. The van der Waals surface area contributed by atoms with E-state index in [1.807, 2.05) is 6.07 Å². The average molecular weight is 292 g/mol. The first-order valence-electron chi connectivity index (χ1n) is 4.80. The number of benzene rings is 2. The van der Waals surface area contributed by atoms with Gasteiger partial charge in [0.25, 0.3) is 0 Å². The topological polar surface area (TPSA) is 44.0 Å². The zero-order chi connectivity index (χ0) is 12.4. The molecule has 0 aliphatic rings. The Morgan fingerprint density at radius 3 is 2.41 bits per heavy atom. The van der Waals surface area contributed by atoms with Gasteiger partial charge in [0.1, 0.15) is 11.6 Å². The van der Waals surface area contributed by atoms with Crippen molar-refractivity contribution in [1.29, 1.82) is 5.26 Å². The molecule has 2 rings (SSSR count). The number of rotatable bonds is 1. The van der Waals surface area contributed by atoms with Gasteiger partial charge < -0.3 is 5.11 Å². The van der Waals surface area contributed by atoms with Crippen LogP contribution < -0.4 is 0 Å². The van der Waals surface area contributed by atoms with Crippen LogP contribution in [0.1, 0.15) is 5.56 Å². The summed E-state index contributed by atoms with van der Waals surface area (Å²) in [6.07, 6.45) is 0. The molecule has 0 radical (unpaired) electrons. The van der Waals surface area contributed by atoms with Gasteiger partial charge in [0.2, 0.25) is 0 Å². The first kappa shape index (κ1) is 11.6. The number of halogens is 2. The van der Waals surface area contributed by atoms with Crippen LogP contribution in [-0.4, -0.2) is 5.11 Å². The van der Waals surface area contributed by atoms with Crippen LogP contribution >= 0.6 is 15.9 Å². The van der Waals surface area contributed by atoms with Crippen LogP contribution in [0.3, 0.4) is 0 Å². The molecule has 0 aromatic heterocycles. The van der Waals surface area contributed by atoms with Crippen molar-refractivity contribution >= 4 is 15.9 Å². The molecule has 17 heavy (non-hydrogen) atoms. The number of nitrogens with zero attached hydrogens (tertiary/aromatic N) is 1. The number of phenolic OH excluding ortho intramolecular Hbond substituents is 1. The lowest BCUT2D eigenvalue weighted by Gasteiger charge is -2.07. The molecule has 0 saturated heterocycles. The van der Waals surface area contributed by atoms with Crippen LogP contribution in [0.15, 0.2) is 40.9 Å². The molecule has 0 bridgehead atoms. The number of phenols is 1. The van der Waals surface area contributed by atoms with E-state index in [9.17, 15) is 9.50 Å². The Hall–Kier alpha value is -1.86. The molecule has 0 aliphatic carbocycles. The van der Waals surface area contributed by atoms with Crippen molar-refractivity contribution in [2.45, 2.75) is 0 Å². The summed E-state index contributed by atoms with van der Waals surface area (Å²) in [4.78, 5) is 0. The molecule has 2 aromatic rings.